The monoisotopic (exact) mass is 485 g/mol. The topological polar surface area (TPSA) is 77.6 Å². The molecule has 0 atom stereocenters. The van der Waals surface area contributed by atoms with Gasteiger partial charge in [-0.2, -0.15) is 0 Å². The molecule has 1 aromatic heterocycles. The van der Waals surface area contributed by atoms with Gasteiger partial charge in [0.25, 0.3) is 11.8 Å². The van der Waals surface area contributed by atoms with E-state index in [0.29, 0.717) is 22.5 Å². The second kappa shape index (κ2) is 11.8. The number of hydrogen-bond donors (Lipinski definition) is 2. The molecule has 7 nitrogen and oxygen atoms in total. The number of anilines is 3. The van der Waals surface area contributed by atoms with Gasteiger partial charge in [-0.1, -0.05) is 32.0 Å². The maximum absolute atomic E-state index is 12.9. The number of pyridine rings is 1. The summed E-state index contributed by atoms with van der Waals surface area (Å²) in [5.41, 5.74) is 4.54. The van der Waals surface area contributed by atoms with E-state index in [1.54, 1.807) is 18.3 Å². The lowest BCUT2D eigenvalue weighted by Gasteiger charge is -2.18. The molecule has 2 heterocycles. The molecule has 188 valence electrons. The van der Waals surface area contributed by atoms with Crippen molar-refractivity contribution in [3.8, 4) is 0 Å². The number of hydrogen-bond acceptors (Lipinski definition) is 5. The molecule has 2 aromatic carbocycles. The molecule has 1 fully saturated rings. The van der Waals surface area contributed by atoms with Crippen molar-refractivity contribution in [3.63, 3.8) is 0 Å². The van der Waals surface area contributed by atoms with Crippen LogP contribution < -0.4 is 15.5 Å². The first-order chi connectivity index (χ1) is 17.5. The molecule has 0 saturated carbocycles. The van der Waals surface area contributed by atoms with Crippen LogP contribution in [0.25, 0.3) is 0 Å². The average Bonchev–Trinajstić information content (AvgIpc) is 3.45. The van der Waals surface area contributed by atoms with Crippen LogP contribution in [0, 0.1) is 6.92 Å². The lowest BCUT2D eigenvalue weighted by Crippen LogP contribution is -2.22. The summed E-state index contributed by atoms with van der Waals surface area (Å²) in [4.78, 5) is 34.8. The van der Waals surface area contributed by atoms with E-state index in [1.165, 1.54) is 5.56 Å². The number of nitrogens with zero attached hydrogens (tertiary/aromatic N) is 3. The molecule has 7 heteroatoms. The lowest BCUT2D eigenvalue weighted by molar-refractivity contribution is 0.101. The molecule has 0 radical (unpaired) electrons. The minimum absolute atomic E-state index is 0.180. The summed E-state index contributed by atoms with van der Waals surface area (Å²) in [6.45, 7) is 11.0. The van der Waals surface area contributed by atoms with Crippen molar-refractivity contribution in [1.82, 2.24) is 9.88 Å². The zero-order chi connectivity index (χ0) is 25.5. The van der Waals surface area contributed by atoms with Crippen molar-refractivity contribution in [2.24, 2.45) is 0 Å². The van der Waals surface area contributed by atoms with E-state index >= 15 is 0 Å². The Morgan fingerprint density at radius 1 is 0.889 bits per heavy atom. The van der Waals surface area contributed by atoms with Crippen LogP contribution in [0.4, 0.5) is 17.2 Å². The molecule has 2 amide bonds. The summed E-state index contributed by atoms with van der Waals surface area (Å²) in [6, 6.07) is 16.8. The third kappa shape index (κ3) is 6.29. The van der Waals surface area contributed by atoms with Crippen LogP contribution >= 0.6 is 0 Å². The molecular formula is C29H35N5O2. The van der Waals surface area contributed by atoms with Crippen LogP contribution in [-0.4, -0.2) is 47.9 Å². The van der Waals surface area contributed by atoms with Crippen molar-refractivity contribution < 1.29 is 9.59 Å². The van der Waals surface area contributed by atoms with Gasteiger partial charge in [0.2, 0.25) is 0 Å². The molecule has 1 aliphatic rings. The van der Waals surface area contributed by atoms with E-state index in [2.05, 4.69) is 39.3 Å². The van der Waals surface area contributed by atoms with Gasteiger partial charge < -0.3 is 15.5 Å². The first-order valence-corrected chi connectivity index (χ1v) is 12.7. The van der Waals surface area contributed by atoms with Crippen molar-refractivity contribution in [3.05, 3.63) is 83.0 Å². The van der Waals surface area contributed by atoms with Gasteiger partial charge in [0.05, 0.1) is 0 Å². The van der Waals surface area contributed by atoms with Crippen LogP contribution in [0.15, 0.2) is 60.8 Å². The number of aryl methyl sites for hydroxylation is 1. The number of aromatic nitrogens is 1. The van der Waals surface area contributed by atoms with Gasteiger partial charge in [-0.15, -0.1) is 0 Å². The van der Waals surface area contributed by atoms with Crippen molar-refractivity contribution in [2.45, 2.75) is 40.2 Å². The standard InChI is InChI=1S/C29H35N5O2/c1-4-33(5-2)20-22-9-11-23(12-10-22)28(35)32-26-19-25(13-8-21(26)3)31-29(36)24-14-15-30-27(18-24)34-16-6-7-17-34/h8-15,18-19H,4-7,16-17,20H2,1-3H3,(H,31,36)(H,32,35). The van der Waals surface area contributed by atoms with Gasteiger partial charge in [-0.3, -0.25) is 14.5 Å². The number of carbonyl (C=O) groups excluding carboxylic acids is 2. The lowest BCUT2D eigenvalue weighted by atomic mass is 10.1. The Morgan fingerprint density at radius 2 is 1.58 bits per heavy atom. The zero-order valence-electron chi connectivity index (χ0n) is 21.4. The van der Waals surface area contributed by atoms with Gasteiger partial charge >= 0.3 is 0 Å². The van der Waals surface area contributed by atoms with E-state index < -0.39 is 0 Å². The van der Waals surface area contributed by atoms with Crippen molar-refractivity contribution in [2.75, 3.05) is 41.7 Å². The minimum Gasteiger partial charge on any atom is -0.357 e. The Hall–Kier alpha value is -3.71. The molecule has 0 bridgehead atoms. The Balaban J connectivity index is 1.42. The highest BCUT2D eigenvalue weighted by molar-refractivity contribution is 6.07. The molecule has 36 heavy (non-hydrogen) atoms. The van der Waals surface area contributed by atoms with Crippen molar-refractivity contribution >= 4 is 29.0 Å². The predicted octanol–water partition coefficient (Wildman–Crippen LogP) is 5.34. The first kappa shape index (κ1) is 25.4. The zero-order valence-corrected chi connectivity index (χ0v) is 21.4. The first-order valence-electron chi connectivity index (χ1n) is 12.7. The Labute approximate surface area is 213 Å². The average molecular weight is 486 g/mol. The van der Waals surface area contributed by atoms with E-state index in [4.69, 9.17) is 0 Å². The van der Waals surface area contributed by atoms with E-state index in [1.807, 2.05) is 49.4 Å². The van der Waals surface area contributed by atoms with Gasteiger partial charge in [-0.05, 0) is 80.4 Å². The number of amides is 2. The number of nitrogens with one attached hydrogen (secondary N) is 2. The highest BCUT2D eigenvalue weighted by Crippen LogP contribution is 2.23. The number of carbonyl (C=O) groups is 2. The minimum atomic E-state index is -0.206. The second-order valence-electron chi connectivity index (χ2n) is 9.19. The molecule has 1 aliphatic heterocycles. The molecule has 0 aliphatic carbocycles. The Morgan fingerprint density at radius 3 is 2.28 bits per heavy atom. The summed E-state index contributed by atoms with van der Waals surface area (Å²) in [6.07, 6.45) is 3.98. The van der Waals surface area contributed by atoms with Crippen LogP contribution in [-0.2, 0) is 6.54 Å². The van der Waals surface area contributed by atoms with E-state index in [-0.39, 0.29) is 11.8 Å². The molecule has 0 spiro atoms. The smallest absolute Gasteiger partial charge is 0.255 e. The van der Waals surface area contributed by atoms with Crippen LogP contribution in [0.3, 0.4) is 0 Å². The third-order valence-corrected chi connectivity index (χ3v) is 6.70. The van der Waals surface area contributed by atoms with Gasteiger partial charge in [-0.25, -0.2) is 4.98 Å². The quantitative estimate of drug-likeness (QED) is 0.428. The normalized spacial score (nSPS) is 13.2. The second-order valence-corrected chi connectivity index (χ2v) is 9.19. The van der Waals surface area contributed by atoms with Crippen molar-refractivity contribution in [1.29, 1.82) is 0 Å². The molecule has 0 unspecified atom stereocenters. The van der Waals surface area contributed by atoms with Gasteiger partial charge in [0.1, 0.15) is 5.82 Å². The van der Waals surface area contributed by atoms with Gasteiger partial charge in [0.15, 0.2) is 0 Å². The molecule has 3 aromatic rings. The summed E-state index contributed by atoms with van der Waals surface area (Å²) < 4.78 is 0. The fourth-order valence-electron chi connectivity index (χ4n) is 4.38. The highest BCUT2D eigenvalue weighted by Gasteiger charge is 2.16. The largest absolute Gasteiger partial charge is 0.357 e. The summed E-state index contributed by atoms with van der Waals surface area (Å²) >= 11 is 0. The maximum atomic E-state index is 12.9. The van der Waals surface area contributed by atoms with Crippen LogP contribution in [0.1, 0.15) is 58.5 Å². The molecule has 4 rings (SSSR count). The predicted molar refractivity (Wildman–Crippen MR) is 146 cm³/mol. The maximum Gasteiger partial charge on any atom is 0.255 e. The van der Waals surface area contributed by atoms with Crippen LogP contribution in [0.5, 0.6) is 0 Å². The molecule has 2 N–H and O–H groups in total. The number of benzene rings is 2. The summed E-state index contributed by atoms with van der Waals surface area (Å²) in [5, 5.41) is 5.94. The van der Waals surface area contributed by atoms with E-state index in [9.17, 15) is 9.59 Å². The van der Waals surface area contributed by atoms with E-state index in [0.717, 1.165) is 56.9 Å². The Bertz CT molecular complexity index is 1200. The highest BCUT2D eigenvalue weighted by atomic mass is 16.2. The summed E-state index contributed by atoms with van der Waals surface area (Å²) in [5.74, 6) is 0.447. The fourth-order valence-corrected chi connectivity index (χ4v) is 4.38. The fraction of sp³-hybridized carbons (Fsp3) is 0.345. The molecular weight excluding hydrogens is 450 g/mol. The third-order valence-electron chi connectivity index (χ3n) is 6.70. The number of rotatable bonds is 9. The Kier molecular flexibility index (Phi) is 8.33. The van der Waals surface area contributed by atoms with Gasteiger partial charge in [0, 0.05) is 48.3 Å². The summed E-state index contributed by atoms with van der Waals surface area (Å²) in [7, 11) is 0. The molecule has 1 saturated heterocycles. The SMILES string of the molecule is CCN(CC)Cc1ccc(C(=O)Nc2cc(NC(=O)c3ccnc(N4CCCC4)c3)ccc2C)cc1. The van der Waals surface area contributed by atoms with Crippen LogP contribution in [0.2, 0.25) is 0 Å².